The number of methoxy groups -OCH3 is 1. The highest BCUT2D eigenvalue weighted by Crippen LogP contribution is 2.22. The number of rotatable bonds is 2. The molecule has 3 nitrogen and oxygen atoms in total. The van der Waals surface area contributed by atoms with Gasteiger partial charge in [0.05, 0.1) is 7.11 Å². The summed E-state index contributed by atoms with van der Waals surface area (Å²) in [7, 11) is 1.36. The van der Waals surface area contributed by atoms with Crippen LogP contribution in [0.5, 0.6) is 0 Å². The van der Waals surface area contributed by atoms with Crippen LogP contribution in [0.1, 0.15) is 16.1 Å². The van der Waals surface area contributed by atoms with Crippen molar-refractivity contribution in [2.24, 2.45) is 0 Å². The molecule has 0 atom stereocenters. The third kappa shape index (κ3) is 2.33. The maximum Gasteiger partial charge on any atom is 0.357 e. The highest BCUT2D eigenvalue weighted by Gasteiger charge is 2.13. The smallest absolute Gasteiger partial charge is 0.357 e. The number of aromatic nitrogens is 1. The summed E-state index contributed by atoms with van der Waals surface area (Å²) in [5.41, 5.74) is 3.28. The second-order valence-corrected chi connectivity index (χ2v) is 3.76. The van der Waals surface area contributed by atoms with Crippen molar-refractivity contribution < 1.29 is 9.53 Å². The van der Waals surface area contributed by atoms with Crippen molar-refractivity contribution in [3.05, 3.63) is 53.9 Å². The van der Waals surface area contributed by atoms with Crippen LogP contribution in [0, 0.1) is 6.92 Å². The van der Waals surface area contributed by atoms with Crippen molar-refractivity contribution in [1.82, 2.24) is 4.98 Å². The fourth-order valence-electron chi connectivity index (χ4n) is 1.63. The Kier molecular flexibility index (Phi) is 3.19. The summed E-state index contributed by atoms with van der Waals surface area (Å²) in [5.74, 6) is -0.416. The second kappa shape index (κ2) is 4.78. The lowest BCUT2D eigenvalue weighted by molar-refractivity contribution is 0.0595. The van der Waals surface area contributed by atoms with Gasteiger partial charge in [-0.05, 0) is 18.6 Å². The number of hydrogen-bond donors (Lipinski definition) is 0. The minimum atomic E-state index is -0.416. The maximum atomic E-state index is 11.6. The van der Waals surface area contributed by atoms with Crippen LogP contribution in [0.3, 0.4) is 0 Å². The molecule has 2 aromatic rings. The van der Waals surface area contributed by atoms with Crippen LogP contribution in [0.4, 0.5) is 0 Å². The second-order valence-electron chi connectivity index (χ2n) is 3.76. The summed E-state index contributed by atoms with van der Waals surface area (Å²) in [5, 5.41) is 0. The first kappa shape index (κ1) is 11.3. The number of aryl methyl sites for hydroxylation is 1. The standard InChI is InChI=1S/C14H13NO2/c1-10-5-7-11(8-6-10)12-4-3-9-15-13(12)14(16)17-2/h3-9H,1-2H3. The minimum Gasteiger partial charge on any atom is -0.464 e. The molecule has 0 N–H and O–H groups in total. The summed E-state index contributed by atoms with van der Waals surface area (Å²) < 4.78 is 4.72. The number of benzene rings is 1. The molecule has 1 aromatic heterocycles. The molecule has 0 unspecified atom stereocenters. The van der Waals surface area contributed by atoms with Crippen molar-refractivity contribution in [1.29, 1.82) is 0 Å². The van der Waals surface area contributed by atoms with E-state index in [-0.39, 0.29) is 0 Å². The lowest BCUT2D eigenvalue weighted by Gasteiger charge is -2.06. The van der Waals surface area contributed by atoms with Gasteiger partial charge in [-0.3, -0.25) is 0 Å². The number of ether oxygens (including phenoxy) is 1. The van der Waals surface area contributed by atoms with E-state index in [1.165, 1.54) is 12.7 Å². The number of nitrogens with zero attached hydrogens (tertiary/aromatic N) is 1. The van der Waals surface area contributed by atoms with Crippen molar-refractivity contribution in [2.45, 2.75) is 6.92 Å². The number of hydrogen-bond acceptors (Lipinski definition) is 3. The van der Waals surface area contributed by atoms with Crippen molar-refractivity contribution >= 4 is 5.97 Å². The molecule has 0 saturated heterocycles. The van der Waals surface area contributed by atoms with Gasteiger partial charge in [0.2, 0.25) is 0 Å². The Labute approximate surface area is 100 Å². The number of carbonyl (C=O) groups is 1. The van der Waals surface area contributed by atoms with Gasteiger partial charge in [0.15, 0.2) is 5.69 Å². The first-order valence-electron chi connectivity index (χ1n) is 5.33. The zero-order chi connectivity index (χ0) is 12.3. The summed E-state index contributed by atoms with van der Waals surface area (Å²) in [6.45, 7) is 2.02. The molecule has 0 aliphatic rings. The molecule has 2 rings (SSSR count). The van der Waals surface area contributed by atoms with E-state index >= 15 is 0 Å². The zero-order valence-corrected chi connectivity index (χ0v) is 9.81. The van der Waals surface area contributed by atoms with E-state index < -0.39 is 5.97 Å². The molecule has 0 aliphatic carbocycles. The highest BCUT2D eigenvalue weighted by molar-refractivity contribution is 5.95. The molecule has 0 saturated carbocycles. The van der Waals surface area contributed by atoms with Crippen molar-refractivity contribution in [3.63, 3.8) is 0 Å². The van der Waals surface area contributed by atoms with E-state index in [9.17, 15) is 4.79 Å². The normalized spacial score (nSPS) is 10.0. The molecule has 17 heavy (non-hydrogen) atoms. The topological polar surface area (TPSA) is 39.2 Å². The number of esters is 1. The largest absolute Gasteiger partial charge is 0.464 e. The predicted molar refractivity (Wildman–Crippen MR) is 65.7 cm³/mol. The predicted octanol–water partition coefficient (Wildman–Crippen LogP) is 2.84. The van der Waals surface area contributed by atoms with Crippen LogP contribution in [0.15, 0.2) is 42.6 Å². The van der Waals surface area contributed by atoms with Gasteiger partial charge in [-0.15, -0.1) is 0 Å². The molecule has 0 aliphatic heterocycles. The zero-order valence-electron chi connectivity index (χ0n) is 9.81. The third-order valence-corrected chi connectivity index (χ3v) is 2.55. The molecule has 1 aromatic carbocycles. The molecule has 0 spiro atoms. The van der Waals surface area contributed by atoms with Crippen LogP contribution in [0.25, 0.3) is 11.1 Å². The quantitative estimate of drug-likeness (QED) is 0.740. The van der Waals surface area contributed by atoms with Crippen molar-refractivity contribution in [3.8, 4) is 11.1 Å². The van der Waals surface area contributed by atoms with E-state index in [2.05, 4.69) is 4.98 Å². The lowest BCUT2D eigenvalue weighted by atomic mass is 10.0. The van der Waals surface area contributed by atoms with E-state index in [4.69, 9.17) is 4.74 Å². The molecule has 0 radical (unpaired) electrons. The van der Waals surface area contributed by atoms with Gasteiger partial charge in [0.1, 0.15) is 0 Å². The van der Waals surface area contributed by atoms with Crippen LogP contribution >= 0.6 is 0 Å². The maximum absolute atomic E-state index is 11.6. The fraction of sp³-hybridized carbons (Fsp3) is 0.143. The van der Waals surface area contributed by atoms with Crippen molar-refractivity contribution in [2.75, 3.05) is 7.11 Å². The highest BCUT2D eigenvalue weighted by atomic mass is 16.5. The Morgan fingerprint density at radius 3 is 2.53 bits per heavy atom. The molecular formula is C14H13NO2. The van der Waals surface area contributed by atoms with Gasteiger partial charge in [-0.25, -0.2) is 9.78 Å². The van der Waals surface area contributed by atoms with E-state index in [1.807, 2.05) is 43.3 Å². The SMILES string of the molecule is COC(=O)c1ncccc1-c1ccc(C)cc1. The Bertz CT molecular complexity index is 532. The monoisotopic (exact) mass is 227 g/mol. The lowest BCUT2D eigenvalue weighted by Crippen LogP contribution is -2.06. The van der Waals surface area contributed by atoms with Gasteiger partial charge < -0.3 is 4.74 Å². The van der Waals surface area contributed by atoms with Gasteiger partial charge in [0.25, 0.3) is 0 Å². The molecule has 86 valence electrons. The molecule has 1 heterocycles. The summed E-state index contributed by atoms with van der Waals surface area (Å²) in [6, 6.07) is 11.6. The third-order valence-electron chi connectivity index (χ3n) is 2.55. The molecule has 0 bridgehead atoms. The van der Waals surface area contributed by atoms with Gasteiger partial charge in [0, 0.05) is 11.8 Å². The number of pyridine rings is 1. The summed E-state index contributed by atoms with van der Waals surface area (Å²) in [6.07, 6.45) is 1.59. The summed E-state index contributed by atoms with van der Waals surface area (Å²) >= 11 is 0. The van der Waals surface area contributed by atoms with Crippen LogP contribution in [-0.2, 0) is 4.74 Å². The van der Waals surface area contributed by atoms with Crippen LogP contribution < -0.4 is 0 Å². The average molecular weight is 227 g/mol. The van der Waals surface area contributed by atoms with Gasteiger partial charge in [-0.2, -0.15) is 0 Å². The van der Waals surface area contributed by atoms with E-state index in [0.29, 0.717) is 5.69 Å². The van der Waals surface area contributed by atoms with E-state index in [0.717, 1.165) is 11.1 Å². The van der Waals surface area contributed by atoms with Gasteiger partial charge >= 0.3 is 5.97 Å². The van der Waals surface area contributed by atoms with E-state index in [1.54, 1.807) is 6.20 Å². The molecular weight excluding hydrogens is 214 g/mol. The fourth-order valence-corrected chi connectivity index (χ4v) is 1.63. The number of carbonyl (C=O) groups excluding carboxylic acids is 1. The first-order valence-corrected chi connectivity index (χ1v) is 5.33. The molecule has 0 amide bonds. The van der Waals surface area contributed by atoms with Crippen LogP contribution in [0.2, 0.25) is 0 Å². The molecule has 0 fully saturated rings. The Morgan fingerprint density at radius 2 is 1.88 bits per heavy atom. The summed E-state index contributed by atoms with van der Waals surface area (Å²) in [4.78, 5) is 15.7. The minimum absolute atomic E-state index is 0.346. The van der Waals surface area contributed by atoms with Gasteiger partial charge in [-0.1, -0.05) is 35.9 Å². The van der Waals surface area contributed by atoms with Crippen LogP contribution in [-0.4, -0.2) is 18.1 Å². The molecule has 3 heteroatoms. The average Bonchev–Trinajstić information content (AvgIpc) is 2.39. The first-order chi connectivity index (χ1) is 8.22. The Hall–Kier alpha value is -2.16. The Balaban J connectivity index is 2.51. The Morgan fingerprint density at radius 1 is 1.18 bits per heavy atom.